The maximum absolute atomic E-state index is 12.4. The first-order valence-electron chi connectivity index (χ1n) is 8.89. The molecule has 1 heterocycles. The predicted molar refractivity (Wildman–Crippen MR) is 105 cm³/mol. The van der Waals surface area contributed by atoms with E-state index in [2.05, 4.69) is 10.3 Å². The van der Waals surface area contributed by atoms with E-state index in [1.54, 1.807) is 43.6 Å². The summed E-state index contributed by atoms with van der Waals surface area (Å²) in [6.45, 7) is 3.54. The van der Waals surface area contributed by atoms with Gasteiger partial charge in [-0.05, 0) is 55.8 Å². The van der Waals surface area contributed by atoms with E-state index in [4.69, 9.17) is 16.3 Å². The quantitative estimate of drug-likeness (QED) is 0.629. The number of halogens is 1. The van der Waals surface area contributed by atoms with Gasteiger partial charge >= 0.3 is 5.97 Å². The molecule has 2 aromatic rings. The number of benzene rings is 1. The number of amides is 1. The number of hydrogen-bond donors (Lipinski definition) is 1. The van der Waals surface area contributed by atoms with Gasteiger partial charge in [0.05, 0.1) is 13.2 Å². The number of nitrogens with zero attached hydrogens (tertiary/aromatic N) is 2. The summed E-state index contributed by atoms with van der Waals surface area (Å²) in [7, 11) is 0. The molecule has 0 atom stereocenters. The highest BCUT2D eigenvalue weighted by molar-refractivity contribution is 6.30. The van der Waals surface area contributed by atoms with Crippen LogP contribution < -0.4 is 5.32 Å². The van der Waals surface area contributed by atoms with Gasteiger partial charge in [-0.1, -0.05) is 17.7 Å². The van der Waals surface area contributed by atoms with Crippen molar-refractivity contribution in [1.82, 2.24) is 9.88 Å². The first-order chi connectivity index (χ1) is 13.1. The van der Waals surface area contributed by atoms with E-state index in [0.717, 1.165) is 5.56 Å². The number of pyridine rings is 1. The fourth-order valence-corrected chi connectivity index (χ4v) is 2.71. The zero-order chi connectivity index (χ0) is 19.5. The van der Waals surface area contributed by atoms with Crippen molar-refractivity contribution in [3.05, 3.63) is 59.4 Å². The Morgan fingerprint density at radius 2 is 2.00 bits per heavy atom. The van der Waals surface area contributed by atoms with Gasteiger partial charge in [0.15, 0.2) is 0 Å². The summed E-state index contributed by atoms with van der Waals surface area (Å²) in [5.41, 5.74) is 1.70. The van der Waals surface area contributed by atoms with Gasteiger partial charge in [0, 0.05) is 36.1 Å². The summed E-state index contributed by atoms with van der Waals surface area (Å²) in [4.78, 5) is 30.0. The Morgan fingerprint density at radius 3 is 2.67 bits per heavy atom. The number of rotatable bonds is 10. The molecular weight excluding hydrogens is 366 g/mol. The Balaban J connectivity index is 1.92. The molecule has 27 heavy (non-hydrogen) atoms. The topological polar surface area (TPSA) is 71.5 Å². The Kier molecular flexibility index (Phi) is 8.74. The fraction of sp³-hybridized carbons (Fsp3) is 0.350. The van der Waals surface area contributed by atoms with E-state index in [1.165, 1.54) is 0 Å². The minimum absolute atomic E-state index is 0.127. The molecule has 2 rings (SSSR count). The van der Waals surface area contributed by atoms with Gasteiger partial charge in [-0.15, -0.1) is 0 Å². The summed E-state index contributed by atoms with van der Waals surface area (Å²) < 4.78 is 4.95. The standard InChI is InChI=1S/C20H24ClN3O3/c1-2-27-20(26)6-4-12-24(14-16-5-3-11-22-13-16)15-19(25)23-18-9-7-17(21)8-10-18/h3,5,7-11,13H,2,4,6,12,14-15H2,1H3,(H,23,25). The second-order valence-corrected chi connectivity index (χ2v) is 6.47. The van der Waals surface area contributed by atoms with Crippen LogP contribution in [0.15, 0.2) is 48.8 Å². The zero-order valence-corrected chi connectivity index (χ0v) is 16.1. The van der Waals surface area contributed by atoms with Crippen LogP contribution in [0.25, 0.3) is 0 Å². The van der Waals surface area contributed by atoms with E-state index >= 15 is 0 Å². The van der Waals surface area contributed by atoms with Crippen LogP contribution in [0, 0.1) is 0 Å². The third-order valence-electron chi connectivity index (χ3n) is 3.78. The number of anilines is 1. The van der Waals surface area contributed by atoms with Crippen LogP contribution in [0.5, 0.6) is 0 Å². The Hall–Kier alpha value is -2.44. The normalized spacial score (nSPS) is 10.6. The molecule has 0 saturated carbocycles. The second-order valence-electron chi connectivity index (χ2n) is 6.04. The van der Waals surface area contributed by atoms with Crippen molar-refractivity contribution >= 4 is 29.2 Å². The lowest BCUT2D eigenvalue weighted by Gasteiger charge is -2.21. The maximum atomic E-state index is 12.4. The Labute approximate surface area is 164 Å². The molecule has 7 heteroatoms. The molecule has 0 radical (unpaired) electrons. The highest BCUT2D eigenvalue weighted by atomic mass is 35.5. The molecule has 0 aliphatic carbocycles. The van der Waals surface area contributed by atoms with E-state index in [-0.39, 0.29) is 18.4 Å². The number of esters is 1. The van der Waals surface area contributed by atoms with Gasteiger partial charge < -0.3 is 10.1 Å². The van der Waals surface area contributed by atoms with Crippen LogP contribution in [0.1, 0.15) is 25.3 Å². The van der Waals surface area contributed by atoms with Crippen LogP contribution in [0.2, 0.25) is 5.02 Å². The third kappa shape index (κ3) is 8.19. The van der Waals surface area contributed by atoms with E-state index in [1.807, 2.05) is 17.0 Å². The lowest BCUT2D eigenvalue weighted by Crippen LogP contribution is -2.34. The molecule has 0 aliphatic rings. The van der Waals surface area contributed by atoms with Crippen molar-refractivity contribution < 1.29 is 14.3 Å². The Morgan fingerprint density at radius 1 is 1.22 bits per heavy atom. The van der Waals surface area contributed by atoms with Crippen molar-refractivity contribution in [2.24, 2.45) is 0 Å². The molecule has 0 aliphatic heterocycles. The van der Waals surface area contributed by atoms with Crippen molar-refractivity contribution in [2.75, 3.05) is 25.0 Å². The Bertz CT molecular complexity index is 723. The van der Waals surface area contributed by atoms with Crippen LogP contribution in [0.4, 0.5) is 5.69 Å². The van der Waals surface area contributed by atoms with Gasteiger partial charge in [0.25, 0.3) is 0 Å². The molecule has 0 unspecified atom stereocenters. The van der Waals surface area contributed by atoms with Crippen molar-refractivity contribution in [2.45, 2.75) is 26.3 Å². The van der Waals surface area contributed by atoms with Crippen molar-refractivity contribution in [3.63, 3.8) is 0 Å². The molecule has 1 aromatic heterocycles. The molecule has 0 spiro atoms. The average Bonchev–Trinajstić information content (AvgIpc) is 2.64. The van der Waals surface area contributed by atoms with Gasteiger partial charge in [-0.2, -0.15) is 0 Å². The predicted octanol–water partition coefficient (Wildman–Crippen LogP) is 3.52. The molecular formula is C20H24ClN3O3. The zero-order valence-electron chi connectivity index (χ0n) is 15.4. The molecule has 1 amide bonds. The molecule has 0 bridgehead atoms. The fourth-order valence-electron chi connectivity index (χ4n) is 2.58. The average molecular weight is 390 g/mol. The van der Waals surface area contributed by atoms with Crippen molar-refractivity contribution in [1.29, 1.82) is 0 Å². The highest BCUT2D eigenvalue weighted by Crippen LogP contribution is 2.13. The van der Waals surface area contributed by atoms with Gasteiger partial charge in [-0.25, -0.2) is 0 Å². The minimum Gasteiger partial charge on any atom is -0.466 e. The molecule has 6 nitrogen and oxygen atoms in total. The number of carbonyl (C=O) groups excluding carboxylic acids is 2. The van der Waals surface area contributed by atoms with Crippen LogP contribution >= 0.6 is 11.6 Å². The molecule has 1 N–H and O–H groups in total. The lowest BCUT2D eigenvalue weighted by atomic mass is 10.2. The molecule has 1 aromatic carbocycles. The first-order valence-corrected chi connectivity index (χ1v) is 9.27. The highest BCUT2D eigenvalue weighted by Gasteiger charge is 2.13. The van der Waals surface area contributed by atoms with Crippen molar-refractivity contribution in [3.8, 4) is 0 Å². The number of nitrogens with one attached hydrogen (secondary N) is 1. The monoisotopic (exact) mass is 389 g/mol. The third-order valence-corrected chi connectivity index (χ3v) is 4.04. The van der Waals surface area contributed by atoms with Crippen LogP contribution in [0.3, 0.4) is 0 Å². The first kappa shape index (κ1) is 20.9. The summed E-state index contributed by atoms with van der Waals surface area (Å²) >= 11 is 5.86. The number of aromatic nitrogens is 1. The molecule has 0 fully saturated rings. The summed E-state index contributed by atoms with van der Waals surface area (Å²) in [5.74, 6) is -0.346. The summed E-state index contributed by atoms with van der Waals surface area (Å²) in [5, 5.41) is 3.47. The minimum atomic E-state index is -0.218. The lowest BCUT2D eigenvalue weighted by molar-refractivity contribution is -0.143. The number of carbonyl (C=O) groups is 2. The van der Waals surface area contributed by atoms with Crippen LogP contribution in [-0.2, 0) is 20.9 Å². The molecule has 144 valence electrons. The van der Waals surface area contributed by atoms with E-state index < -0.39 is 0 Å². The van der Waals surface area contributed by atoms with Gasteiger partial charge in [-0.3, -0.25) is 19.5 Å². The van der Waals surface area contributed by atoms with E-state index in [9.17, 15) is 9.59 Å². The van der Waals surface area contributed by atoms with Gasteiger partial charge in [0.1, 0.15) is 0 Å². The van der Waals surface area contributed by atoms with Gasteiger partial charge in [0.2, 0.25) is 5.91 Å². The number of hydrogen-bond acceptors (Lipinski definition) is 5. The second kappa shape index (κ2) is 11.3. The maximum Gasteiger partial charge on any atom is 0.305 e. The number of ether oxygens (including phenoxy) is 1. The van der Waals surface area contributed by atoms with E-state index in [0.29, 0.717) is 43.2 Å². The largest absolute Gasteiger partial charge is 0.466 e. The SMILES string of the molecule is CCOC(=O)CCCN(CC(=O)Nc1ccc(Cl)cc1)Cc1cccnc1. The smallest absolute Gasteiger partial charge is 0.305 e. The molecule has 0 saturated heterocycles. The summed E-state index contributed by atoms with van der Waals surface area (Å²) in [6, 6.07) is 10.8. The van der Waals surface area contributed by atoms with Crippen LogP contribution in [-0.4, -0.2) is 41.5 Å². The summed E-state index contributed by atoms with van der Waals surface area (Å²) in [6.07, 6.45) is 4.43.